The monoisotopic (exact) mass is 253 g/mol. The Bertz CT molecular complexity index is 514. The Balaban J connectivity index is 2.09. The summed E-state index contributed by atoms with van der Waals surface area (Å²) in [4.78, 5) is 4.23. The van der Waals surface area contributed by atoms with E-state index in [1.54, 1.807) is 6.20 Å². The van der Waals surface area contributed by atoms with Gasteiger partial charge in [0.25, 0.3) is 0 Å². The fourth-order valence-electron chi connectivity index (χ4n) is 1.71. The summed E-state index contributed by atoms with van der Waals surface area (Å²) in [5.74, 6) is 0.904. The van der Waals surface area contributed by atoms with E-state index >= 15 is 0 Å². The average molecular weight is 254 g/mol. The first kappa shape index (κ1) is 12.0. The van der Waals surface area contributed by atoms with Crippen LogP contribution in [0.2, 0.25) is 5.15 Å². The van der Waals surface area contributed by atoms with E-state index in [4.69, 9.17) is 11.6 Å². The van der Waals surface area contributed by atoms with Crippen molar-refractivity contribution in [3.05, 3.63) is 29.1 Å². The minimum absolute atomic E-state index is 0.641. The van der Waals surface area contributed by atoms with Crippen molar-refractivity contribution in [1.82, 2.24) is 19.3 Å². The van der Waals surface area contributed by atoms with E-state index in [9.17, 15) is 0 Å². The summed E-state index contributed by atoms with van der Waals surface area (Å²) in [5.41, 5.74) is 2.11. The summed E-state index contributed by atoms with van der Waals surface area (Å²) in [6.45, 7) is 2.73. The molecule has 0 saturated heterocycles. The molecular formula is C11H16ClN5. The summed E-state index contributed by atoms with van der Waals surface area (Å²) in [7, 11) is 3.82. The van der Waals surface area contributed by atoms with Gasteiger partial charge >= 0.3 is 0 Å². The Morgan fingerprint density at radius 2 is 2.18 bits per heavy atom. The highest BCUT2D eigenvalue weighted by molar-refractivity contribution is 6.29. The van der Waals surface area contributed by atoms with Crippen molar-refractivity contribution < 1.29 is 0 Å². The minimum atomic E-state index is 0.641. The van der Waals surface area contributed by atoms with Gasteiger partial charge in [-0.3, -0.25) is 4.68 Å². The van der Waals surface area contributed by atoms with Crippen LogP contribution in [-0.2, 0) is 27.1 Å². The number of halogens is 1. The number of aromatic nitrogens is 4. The molecule has 1 N–H and O–H groups in total. The third-order valence-electron chi connectivity index (χ3n) is 2.70. The molecule has 0 aliphatic heterocycles. The molecule has 0 aliphatic carbocycles. The molecule has 2 heterocycles. The van der Waals surface area contributed by atoms with Crippen LogP contribution < -0.4 is 5.32 Å². The summed E-state index contributed by atoms with van der Waals surface area (Å²) >= 11 is 5.93. The SMILES string of the molecule is CCc1nn(C)cc1NCc1ncc(Cl)n1C. The molecule has 0 aromatic carbocycles. The van der Waals surface area contributed by atoms with Gasteiger partial charge in [0.05, 0.1) is 24.1 Å². The summed E-state index contributed by atoms with van der Waals surface area (Å²) < 4.78 is 3.67. The summed E-state index contributed by atoms with van der Waals surface area (Å²) in [6.07, 6.45) is 4.54. The highest BCUT2D eigenvalue weighted by atomic mass is 35.5. The van der Waals surface area contributed by atoms with Gasteiger partial charge in [-0.1, -0.05) is 18.5 Å². The lowest BCUT2D eigenvalue weighted by Crippen LogP contribution is -2.06. The molecule has 0 atom stereocenters. The van der Waals surface area contributed by atoms with Crippen molar-refractivity contribution in [2.24, 2.45) is 14.1 Å². The molecule has 2 aromatic heterocycles. The third-order valence-corrected chi connectivity index (χ3v) is 3.06. The number of nitrogens with one attached hydrogen (secondary N) is 1. The maximum absolute atomic E-state index is 5.93. The van der Waals surface area contributed by atoms with E-state index in [-0.39, 0.29) is 0 Å². The molecule has 0 unspecified atom stereocenters. The fourth-order valence-corrected chi connectivity index (χ4v) is 1.85. The van der Waals surface area contributed by atoms with Gasteiger partial charge < -0.3 is 9.88 Å². The molecular weight excluding hydrogens is 238 g/mol. The second-order valence-corrected chi connectivity index (χ2v) is 4.31. The first-order valence-electron chi connectivity index (χ1n) is 5.54. The Labute approximate surface area is 105 Å². The Morgan fingerprint density at radius 1 is 1.41 bits per heavy atom. The first-order chi connectivity index (χ1) is 8.11. The molecule has 92 valence electrons. The number of imidazole rings is 1. The van der Waals surface area contributed by atoms with Gasteiger partial charge in [0, 0.05) is 20.3 Å². The zero-order chi connectivity index (χ0) is 12.4. The van der Waals surface area contributed by atoms with Crippen molar-refractivity contribution in [3.63, 3.8) is 0 Å². The Hall–Kier alpha value is -1.49. The van der Waals surface area contributed by atoms with Crippen LogP contribution in [0.5, 0.6) is 0 Å². The lowest BCUT2D eigenvalue weighted by molar-refractivity contribution is 0.746. The average Bonchev–Trinajstić information content (AvgIpc) is 2.82. The molecule has 17 heavy (non-hydrogen) atoms. The van der Waals surface area contributed by atoms with E-state index in [0.717, 1.165) is 23.6 Å². The van der Waals surface area contributed by atoms with Crippen LogP contribution in [-0.4, -0.2) is 19.3 Å². The summed E-state index contributed by atoms with van der Waals surface area (Å²) in [6, 6.07) is 0. The molecule has 0 spiro atoms. The Morgan fingerprint density at radius 3 is 2.76 bits per heavy atom. The van der Waals surface area contributed by atoms with Crippen molar-refractivity contribution >= 4 is 17.3 Å². The van der Waals surface area contributed by atoms with Crippen LogP contribution in [0.15, 0.2) is 12.4 Å². The zero-order valence-corrected chi connectivity index (χ0v) is 11.0. The second kappa shape index (κ2) is 4.79. The van der Waals surface area contributed by atoms with Gasteiger partial charge in [0.1, 0.15) is 11.0 Å². The van der Waals surface area contributed by atoms with Crippen molar-refractivity contribution in [2.75, 3.05) is 5.32 Å². The van der Waals surface area contributed by atoms with Gasteiger partial charge in [-0.25, -0.2) is 4.98 Å². The van der Waals surface area contributed by atoms with Crippen LogP contribution in [0.25, 0.3) is 0 Å². The number of rotatable bonds is 4. The maximum Gasteiger partial charge on any atom is 0.128 e. The second-order valence-electron chi connectivity index (χ2n) is 3.93. The number of hydrogen-bond donors (Lipinski definition) is 1. The predicted molar refractivity (Wildman–Crippen MR) is 68.1 cm³/mol. The summed E-state index contributed by atoms with van der Waals surface area (Å²) in [5, 5.41) is 8.34. The van der Waals surface area contributed by atoms with Crippen LogP contribution >= 0.6 is 11.6 Å². The number of aryl methyl sites for hydroxylation is 2. The highest BCUT2D eigenvalue weighted by Gasteiger charge is 2.08. The molecule has 5 nitrogen and oxygen atoms in total. The van der Waals surface area contributed by atoms with Crippen molar-refractivity contribution in [1.29, 1.82) is 0 Å². The zero-order valence-electron chi connectivity index (χ0n) is 10.2. The van der Waals surface area contributed by atoms with Crippen LogP contribution in [0.1, 0.15) is 18.4 Å². The van der Waals surface area contributed by atoms with Gasteiger partial charge in [0.15, 0.2) is 0 Å². The number of nitrogens with zero attached hydrogens (tertiary/aromatic N) is 4. The van der Waals surface area contributed by atoms with E-state index < -0.39 is 0 Å². The molecule has 0 bridgehead atoms. The van der Waals surface area contributed by atoms with Crippen LogP contribution in [0.3, 0.4) is 0 Å². The van der Waals surface area contributed by atoms with Gasteiger partial charge in [-0.05, 0) is 6.42 Å². The normalized spacial score (nSPS) is 10.8. The number of anilines is 1. The molecule has 0 radical (unpaired) electrons. The molecule has 0 amide bonds. The van der Waals surface area contributed by atoms with E-state index in [0.29, 0.717) is 11.7 Å². The molecule has 6 heteroatoms. The lowest BCUT2D eigenvalue weighted by Gasteiger charge is -2.05. The minimum Gasteiger partial charge on any atom is -0.375 e. The van der Waals surface area contributed by atoms with Crippen LogP contribution in [0, 0.1) is 0 Å². The van der Waals surface area contributed by atoms with E-state index in [1.165, 1.54) is 0 Å². The maximum atomic E-state index is 5.93. The van der Waals surface area contributed by atoms with Gasteiger partial charge in [-0.2, -0.15) is 5.10 Å². The topological polar surface area (TPSA) is 47.7 Å². The van der Waals surface area contributed by atoms with Gasteiger partial charge in [0.2, 0.25) is 0 Å². The lowest BCUT2D eigenvalue weighted by atomic mass is 10.3. The third kappa shape index (κ3) is 2.44. The molecule has 2 aromatic rings. The Kier molecular flexibility index (Phi) is 3.38. The largest absolute Gasteiger partial charge is 0.375 e. The molecule has 0 fully saturated rings. The van der Waals surface area contributed by atoms with Gasteiger partial charge in [-0.15, -0.1) is 0 Å². The van der Waals surface area contributed by atoms with Crippen molar-refractivity contribution in [2.45, 2.75) is 19.9 Å². The molecule has 0 aliphatic rings. The number of hydrogen-bond acceptors (Lipinski definition) is 3. The van der Waals surface area contributed by atoms with E-state index in [1.807, 2.05) is 29.5 Å². The van der Waals surface area contributed by atoms with Crippen molar-refractivity contribution in [3.8, 4) is 0 Å². The quantitative estimate of drug-likeness (QED) is 0.907. The highest BCUT2D eigenvalue weighted by Crippen LogP contribution is 2.15. The van der Waals surface area contributed by atoms with E-state index in [2.05, 4.69) is 22.3 Å². The smallest absolute Gasteiger partial charge is 0.128 e. The predicted octanol–water partition coefficient (Wildman–Crippen LogP) is 1.98. The molecule has 2 rings (SSSR count). The molecule has 0 saturated carbocycles. The first-order valence-corrected chi connectivity index (χ1v) is 5.92. The van der Waals surface area contributed by atoms with Crippen LogP contribution in [0.4, 0.5) is 5.69 Å². The standard InChI is InChI=1S/C11H16ClN5/c1-4-8-9(7-16(2)15-8)13-6-11-14-5-10(12)17(11)3/h5,7,13H,4,6H2,1-3H3. The fraction of sp³-hybridized carbons (Fsp3) is 0.455.